The van der Waals surface area contributed by atoms with E-state index in [9.17, 15) is 4.79 Å². The SMILES string of the molecule is COc1ccc([C@@H]2C3=C(CCCC3=O)Oc3ncn4nc(-c5ccco5)nc4c32)cc1OC. The number of carbonyl (C=O) groups is 1. The second-order valence-corrected chi connectivity index (χ2v) is 7.91. The summed E-state index contributed by atoms with van der Waals surface area (Å²) in [5.41, 5.74) is 2.73. The molecule has 2 aliphatic rings. The minimum absolute atomic E-state index is 0.0643. The zero-order chi connectivity index (χ0) is 22.5. The zero-order valence-electron chi connectivity index (χ0n) is 18.1. The number of allylic oxidation sites excluding steroid dienone is 2. The standard InChI is InChI=1S/C24H20N4O5/c1-30-15-9-8-13(11-18(15)31-2)19-20-14(29)5-3-6-16(20)33-24-21(19)23-26-22(17-7-4-10-32-17)27-28(23)12-25-24/h4,7-12,19H,3,5-6H2,1-2H3/t19-/m1/s1. The molecule has 1 atom stereocenters. The molecule has 3 aromatic heterocycles. The number of benzene rings is 1. The highest BCUT2D eigenvalue weighted by Crippen LogP contribution is 2.48. The fraction of sp³-hybridized carbons (Fsp3) is 0.250. The van der Waals surface area contributed by atoms with Gasteiger partial charge in [-0.3, -0.25) is 4.79 Å². The summed E-state index contributed by atoms with van der Waals surface area (Å²) in [6.45, 7) is 0. The smallest absolute Gasteiger partial charge is 0.228 e. The summed E-state index contributed by atoms with van der Waals surface area (Å²) in [5.74, 6) is 2.88. The van der Waals surface area contributed by atoms with E-state index in [0.717, 1.165) is 12.0 Å². The van der Waals surface area contributed by atoms with E-state index in [2.05, 4.69) is 10.1 Å². The van der Waals surface area contributed by atoms with E-state index in [1.54, 1.807) is 43.5 Å². The fourth-order valence-corrected chi connectivity index (χ4v) is 4.59. The summed E-state index contributed by atoms with van der Waals surface area (Å²) in [7, 11) is 3.18. The maximum atomic E-state index is 13.2. The Balaban J connectivity index is 1.61. The van der Waals surface area contributed by atoms with Gasteiger partial charge in [0.1, 0.15) is 12.1 Å². The van der Waals surface area contributed by atoms with Crippen LogP contribution in [0, 0.1) is 0 Å². The van der Waals surface area contributed by atoms with Gasteiger partial charge >= 0.3 is 0 Å². The first-order chi connectivity index (χ1) is 16.2. The lowest BCUT2D eigenvalue weighted by Crippen LogP contribution is -2.26. The Labute approximate surface area is 188 Å². The quantitative estimate of drug-likeness (QED) is 0.467. The van der Waals surface area contributed by atoms with Crippen molar-refractivity contribution in [2.45, 2.75) is 25.2 Å². The van der Waals surface area contributed by atoms with Gasteiger partial charge in [0.25, 0.3) is 0 Å². The van der Waals surface area contributed by atoms with Crippen LogP contribution < -0.4 is 14.2 Å². The number of rotatable bonds is 4. The molecule has 0 saturated carbocycles. The molecular formula is C24H20N4O5. The molecule has 6 rings (SSSR count). The van der Waals surface area contributed by atoms with Gasteiger partial charge in [0.2, 0.25) is 11.7 Å². The van der Waals surface area contributed by atoms with Gasteiger partial charge in [0, 0.05) is 18.4 Å². The molecule has 9 nitrogen and oxygen atoms in total. The van der Waals surface area contributed by atoms with Gasteiger partial charge < -0.3 is 18.6 Å². The molecular weight excluding hydrogens is 424 g/mol. The molecule has 0 amide bonds. The number of Topliss-reactive ketones (excluding diaryl/α,β-unsaturated/α-hetero) is 1. The molecule has 4 aromatic rings. The van der Waals surface area contributed by atoms with Crippen molar-refractivity contribution in [1.29, 1.82) is 0 Å². The van der Waals surface area contributed by atoms with E-state index >= 15 is 0 Å². The summed E-state index contributed by atoms with van der Waals surface area (Å²) >= 11 is 0. The highest BCUT2D eigenvalue weighted by atomic mass is 16.5. The van der Waals surface area contributed by atoms with Crippen LogP contribution in [0.5, 0.6) is 17.4 Å². The minimum Gasteiger partial charge on any atom is -0.493 e. The Bertz CT molecular complexity index is 1420. The van der Waals surface area contributed by atoms with Gasteiger partial charge in [-0.15, -0.1) is 5.10 Å². The summed E-state index contributed by atoms with van der Waals surface area (Å²) in [6, 6.07) is 9.23. The minimum atomic E-state index is -0.429. The number of furan rings is 1. The van der Waals surface area contributed by atoms with Gasteiger partial charge in [-0.2, -0.15) is 0 Å². The van der Waals surface area contributed by atoms with Crippen LogP contribution in [-0.2, 0) is 4.79 Å². The van der Waals surface area contributed by atoms with Crippen LogP contribution in [-0.4, -0.2) is 39.6 Å². The number of ketones is 1. The Morgan fingerprint density at radius 2 is 2.00 bits per heavy atom. The first-order valence-electron chi connectivity index (χ1n) is 10.6. The first-order valence-corrected chi connectivity index (χ1v) is 10.6. The molecule has 1 aliphatic carbocycles. The van der Waals surface area contributed by atoms with Gasteiger partial charge in [-0.05, 0) is 36.2 Å². The van der Waals surface area contributed by atoms with Crippen LogP contribution in [0.2, 0.25) is 0 Å². The summed E-state index contributed by atoms with van der Waals surface area (Å²) in [4.78, 5) is 22.4. The van der Waals surface area contributed by atoms with Crippen molar-refractivity contribution in [1.82, 2.24) is 19.6 Å². The molecule has 0 unspecified atom stereocenters. The highest BCUT2D eigenvalue weighted by molar-refractivity contribution is 6.00. The second kappa shape index (κ2) is 7.47. The van der Waals surface area contributed by atoms with Crippen LogP contribution in [0.3, 0.4) is 0 Å². The Kier molecular flexibility index (Phi) is 4.42. The number of hydrogen-bond donors (Lipinski definition) is 0. The van der Waals surface area contributed by atoms with Crippen LogP contribution in [0.1, 0.15) is 36.3 Å². The van der Waals surface area contributed by atoms with Crippen molar-refractivity contribution in [3.05, 3.63) is 65.4 Å². The number of fused-ring (bicyclic) bond motifs is 3. The molecule has 0 saturated heterocycles. The number of ether oxygens (including phenoxy) is 3. The maximum Gasteiger partial charge on any atom is 0.228 e. The molecule has 33 heavy (non-hydrogen) atoms. The topological polar surface area (TPSA) is 101 Å². The molecule has 0 N–H and O–H groups in total. The fourth-order valence-electron chi connectivity index (χ4n) is 4.59. The zero-order valence-corrected chi connectivity index (χ0v) is 18.1. The van der Waals surface area contributed by atoms with Crippen molar-refractivity contribution in [2.24, 2.45) is 0 Å². The Morgan fingerprint density at radius 1 is 1.12 bits per heavy atom. The van der Waals surface area contributed by atoms with Crippen LogP contribution >= 0.6 is 0 Å². The molecule has 1 aliphatic heterocycles. The molecule has 166 valence electrons. The molecule has 0 radical (unpaired) electrons. The van der Waals surface area contributed by atoms with E-state index in [1.807, 2.05) is 18.2 Å². The summed E-state index contributed by atoms with van der Waals surface area (Å²) < 4.78 is 24.2. The predicted molar refractivity (Wildman–Crippen MR) is 116 cm³/mol. The lowest BCUT2D eigenvalue weighted by molar-refractivity contribution is -0.116. The van der Waals surface area contributed by atoms with Gasteiger partial charge in [-0.25, -0.2) is 14.5 Å². The molecule has 9 heteroatoms. The normalized spacial score (nSPS) is 17.5. The lowest BCUT2D eigenvalue weighted by Gasteiger charge is -2.32. The number of carbonyl (C=O) groups excluding carboxylic acids is 1. The molecule has 0 spiro atoms. The van der Waals surface area contributed by atoms with Crippen LogP contribution in [0.4, 0.5) is 0 Å². The first kappa shape index (κ1) is 19.5. The average molecular weight is 444 g/mol. The van der Waals surface area contributed by atoms with Crippen molar-refractivity contribution < 1.29 is 23.4 Å². The van der Waals surface area contributed by atoms with Crippen molar-refractivity contribution >= 4 is 11.4 Å². The number of methoxy groups -OCH3 is 2. The molecule has 1 aromatic carbocycles. The third-order valence-electron chi connectivity index (χ3n) is 6.08. The molecule has 0 bridgehead atoms. The number of nitrogens with zero attached hydrogens (tertiary/aromatic N) is 4. The summed E-state index contributed by atoms with van der Waals surface area (Å²) in [5, 5.41) is 4.52. The summed E-state index contributed by atoms with van der Waals surface area (Å²) in [6.07, 6.45) is 5.04. The third-order valence-corrected chi connectivity index (χ3v) is 6.08. The van der Waals surface area contributed by atoms with Gasteiger partial charge in [0.05, 0.1) is 32.0 Å². The average Bonchev–Trinajstić information content (AvgIpc) is 3.52. The molecule has 4 heterocycles. The van der Waals surface area contributed by atoms with Crippen molar-refractivity contribution in [3.63, 3.8) is 0 Å². The van der Waals surface area contributed by atoms with E-state index in [-0.39, 0.29) is 5.78 Å². The van der Waals surface area contributed by atoms with Gasteiger partial charge in [-0.1, -0.05) is 6.07 Å². The Morgan fingerprint density at radius 3 is 2.79 bits per heavy atom. The molecule has 0 fully saturated rings. The third kappa shape index (κ3) is 3.00. The van der Waals surface area contributed by atoms with Gasteiger partial charge in [0.15, 0.2) is 28.7 Å². The monoisotopic (exact) mass is 444 g/mol. The maximum absolute atomic E-state index is 13.2. The van der Waals surface area contributed by atoms with E-state index in [4.69, 9.17) is 23.6 Å². The van der Waals surface area contributed by atoms with Crippen molar-refractivity contribution in [2.75, 3.05) is 14.2 Å². The predicted octanol–water partition coefficient (Wildman–Crippen LogP) is 3.93. The van der Waals surface area contributed by atoms with E-state index in [1.165, 1.54) is 0 Å². The Hall–Kier alpha value is -4.14. The van der Waals surface area contributed by atoms with Crippen LogP contribution in [0.25, 0.3) is 17.2 Å². The van der Waals surface area contributed by atoms with Crippen molar-refractivity contribution in [3.8, 4) is 29.0 Å². The van der Waals surface area contributed by atoms with E-state index < -0.39 is 5.92 Å². The number of aromatic nitrogens is 4. The highest BCUT2D eigenvalue weighted by Gasteiger charge is 2.40. The van der Waals surface area contributed by atoms with Crippen LogP contribution in [0.15, 0.2) is 58.7 Å². The lowest BCUT2D eigenvalue weighted by atomic mass is 9.78. The largest absolute Gasteiger partial charge is 0.493 e. The number of hydrogen-bond acceptors (Lipinski definition) is 8. The van der Waals surface area contributed by atoms with E-state index in [0.29, 0.717) is 64.3 Å². The second-order valence-electron chi connectivity index (χ2n) is 7.91.